The van der Waals surface area contributed by atoms with Gasteiger partial charge in [-0.05, 0) is 23.6 Å². The first-order valence-electron chi connectivity index (χ1n) is 9.48. The second-order valence-electron chi connectivity index (χ2n) is 7.13. The number of nitrogens with zero attached hydrogens (tertiary/aromatic N) is 4. The topological polar surface area (TPSA) is 90.9 Å². The van der Waals surface area contributed by atoms with Crippen molar-refractivity contribution in [2.75, 3.05) is 5.32 Å². The van der Waals surface area contributed by atoms with Gasteiger partial charge in [0.1, 0.15) is 6.54 Å². The number of imidazole rings is 1. The van der Waals surface area contributed by atoms with E-state index in [1.54, 1.807) is 17.7 Å². The highest BCUT2D eigenvalue weighted by Crippen LogP contribution is 2.19. The Bertz CT molecular complexity index is 1350. The summed E-state index contributed by atoms with van der Waals surface area (Å²) in [5.74, 6) is -0.448. The summed E-state index contributed by atoms with van der Waals surface area (Å²) in [6.07, 6.45) is 2.12. The fourth-order valence-electron chi connectivity index (χ4n) is 3.48. The van der Waals surface area contributed by atoms with Crippen molar-refractivity contribution >= 4 is 22.8 Å². The van der Waals surface area contributed by atoms with Crippen LogP contribution in [0.3, 0.4) is 0 Å². The molecule has 1 N–H and O–H groups in total. The normalized spacial score (nSPS) is 11.0. The molecule has 0 spiro atoms. The Kier molecular flexibility index (Phi) is 5.05. The predicted molar refractivity (Wildman–Crippen MR) is 115 cm³/mol. The summed E-state index contributed by atoms with van der Waals surface area (Å²) in [5, 5.41) is 2.84. The summed E-state index contributed by atoms with van der Waals surface area (Å²) in [4.78, 5) is 42.2. The molecular weight excluding hydrogens is 382 g/mol. The average Bonchev–Trinajstić information content (AvgIpc) is 3.13. The van der Waals surface area contributed by atoms with Gasteiger partial charge >= 0.3 is 5.69 Å². The highest BCUT2D eigenvalue weighted by molar-refractivity contribution is 5.91. The van der Waals surface area contributed by atoms with E-state index in [-0.39, 0.29) is 17.7 Å². The van der Waals surface area contributed by atoms with Crippen LogP contribution >= 0.6 is 0 Å². The lowest BCUT2D eigenvalue weighted by atomic mass is 10.0. The standard InChI is InChI=1S/C22H21N5O3/c1-25-14-23-20-19(25)21(29)27(22(30)26(20)2)13-18(28)24-17-11-7-6-10-16(17)12-15-8-4-3-5-9-15/h3-11,14H,12-13H2,1-2H3,(H,24,28). The molecule has 0 atom stereocenters. The Morgan fingerprint density at radius 2 is 1.70 bits per heavy atom. The summed E-state index contributed by atoms with van der Waals surface area (Å²) in [6.45, 7) is -0.383. The van der Waals surface area contributed by atoms with Crippen molar-refractivity contribution in [1.29, 1.82) is 0 Å². The number of aryl methyl sites for hydroxylation is 2. The molecule has 0 saturated carbocycles. The molecule has 0 aliphatic rings. The minimum absolute atomic E-state index is 0.273. The van der Waals surface area contributed by atoms with Crippen LogP contribution in [0.15, 0.2) is 70.5 Å². The SMILES string of the molecule is Cn1cnc2c1c(=O)n(CC(=O)Nc1ccccc1Cc1ccccc1)c(=O)n2C. The van der Waals surface area contributed by atoms with Gasteiger partial charge in [-0.2, -0.15) is 0 Å². The maximum Gasteiger partial charge on any atom is 0.332 e. The Labute approximate surface area is 172 Å². The number of fused-ring (bicyclic) bond motifs is 1. The van der Waals surface area contributed by atoms with Gasteiger partial charge in [0.2, 0.25) is 5.91 Å². The van der Waals surface area contributed by atoms with Crippen LogP contribution in [0.5, 0.6) is 0 Å². The first-order chi connectivity index (χ1) is 14.5. The van der Waals surface area contributed by atoms with Crippen molar-refractivity contribution in [3.63, 3.8) is 0 Å². The summed E-state index contributed by atoms with van der Waals surface area (Å²) in [7, 11) is 3.20. The van der Waals surface area contributed by atoms with E-state index < -0.39 is 17.2 Å². The largest absolute Gasteiger partial charge is 0.332 e. The van der Waals surface area contributed by atoms with E-state index in [0.717, 1.165) is 15.7 Å². The Hall–Kier alpha value is -3.94. The van der Waals surface area contributed by atoms with Crippen molar-refractivity contribution in [2.24, 2.45) is 14.1 Å². The molecule has 0 unspecified atom stereocenters. The van der Waals surface area contributed by atoms with Crippen LogP contribution in [0.4, 0.5) is 5.69 Å². The smallest absolute Gasteiger partial charge is 0.328 e. The van der Waals surface area contributed by atoms with Crippen LogP contribution in [-0.4, -0.2) is 24.6 Å². The number of amides is 1. The zero-order chi connectivity index (χ0) is 21.3. The quantitative estimate of drug-likeness (QED) is 0.549. The van der Waals surface area contributed by atoms with Crippen LogP contribution in [0.2, 0.25) is 0 Å². The zero-order valence-corrected chi connectivity index (χ0v) is 16.7. The fraction of sp³-hybridized carbons (Fsp3) is 0.182. The van der Waals surface area contributed by atoms with Crippen molar-refractivity contribution in [1.82, 2.24) is 18.7 Å². The molecular formula is C22H21N5O3. The van der Waals surface area contributed by atoms with Gasteiger partial charge < -0.3 is 9.88 Å². The van der Waals surface area contributed by atoms with Gasteiger partial charge in [0.25, 0.3) is 5.56 Å². The van der Waals surface area contributed by atoms with E-state index in [4.69, 9.17) is 0 Å². The molecule has 0 radical (unpaired) electrons. The van der Waals surface area contributed by atoms with Crippen molar-refractivity contribution in [3.8, 4) is 0 Å². The molecule has 2 aromatic carbocycles. The fourth-order valence-corrected chi connectivity index (χ4v) is 3.48. The van der Waals surface area contributed by atoms with Crippen LogP contribution in [0, 0.1) is 0 Å². The lowest BCUT2D eigenvalue weighted by Gasteiger charge is -2.12. The van der Waals surface area contributed by atoms with Gasteiger partial charge in [0.15, 0.2) is 11.2 Å². The van der Waals surface area contributed by atoms with E-state index in [0.29, 0.717) is 12.1 Å². The number of hydrogen-bond donors (Lipinski definition) is 1. The van der Waals surface area contributed by atoms with E-state index >= 15 is 0 Å². The molecule has 4 aromatic rings. The number of hydrogen-bond acceptors (Lipinski definition) is 4. The van der Waals surface area contributed by atoms with Crippen molar-refractivity contribution < 1.29 is 4.79 Å². The summed E-state index contributed by atoms with van der Waals surface area (Å²) in [6, 6.07) is 17.4. The van der Waals surface area contributed by atoms with E-state index in [9.17, 15) is 14.4 Å². The van der Waals surface area contributed by atoms with Gasteiger partial charge in [0, 0.05) is 19.8 Å². The van der Waals surface area contributed by atoms with Crippen LogP contribution in [0.25, 0.3) is 11.2 Å². The van der Waals surface area contributed by atoms with Gasteiger partial charge in [-0.15, -0.1) is 0 Å². The van der Waals surface area contributed by atoms with Gasteiger partial charge in [0.05, 0.1) is 6.33 Å². The highest BCUT2D eigenvalue weighted by atomic mass is 16.2. The summed E-state index contributed by atoms with van der Waals surface area (Å²) in [5.41, 5.74) is 2.15. The molecule has 4 rings (SSSR count). The molecule has 8 nitrogen and oxygen atoms in total. The average molecular weight is 403 g/mol. The number of para-hydroxylation sites is 1. The molecule has 0 bridgehead atoms. The molecule has 2 heterocycles. The zero-order valence-electron chi connectivity index (χ0n) is 16.7. The maximum atomic E-state index is 12.8. The van der Waals surface area contributed by atoms with Gasteiger partial charge in [-0.3, -0.25) is 14.2 Å². The third-order valence-electron chi connectivity index (χ3n) is 5.03. The highest BCUT2D eigenvalue weighted by Gasteiger charge is 2.17. The molecule has 0 aliphatic carbocycles. The summed E-state index contributed by atoms with van der Waals surface area (Å²) < 4.78 is 3.74. The van der Waals surface area contributed by atoms with Gasteiger partial charge in [-0.1, -0.05) is 48.5 Å². The lowest BCUT2D eigenvalue weighted by Crippen LogP contribution is -2.42. The number of anilines is 1. The number of nitrogens with one attached hydrogen (secondary N) is 1. The minimum atomic E-state index is -0.584. The Morgan fingerprint density at radius 1 is 1.00 bits per heavy atom. The molecule has 1 amide bonds. The van der Waals surface area contributed by atoms with Crippen molar-refractivity contribution in [2.45, 2.75) is 13.0 Å². The number of aromatic nitrogens is 4. The molecule has 8 heteroatoms. The number of carbonyl (C=O) groups excluding carboxylic acids is 1. The van der Waals surface area contributed by atoms with Crippen LogP contribution < -0.4 is 16.6 Å². The molecule has 0 saturated heterocycles. The third-order valence-corrected chi connectivity index (χ3v) is 5.03. The molecule has 30 heavy (non-hydrogen) atoms. The van der Waals surface area contributed by atoms with Gasteiger partial charge in [-0.25, -0.2) is 14.3 Å². The van der Waals surface area contributed by atoms with Crippen LogP contribution in [0.1, 0.15) is 11.1 Å². The van der Waals surface area contributed by atoms with E-state index in [1.807, 2.05) is 48.5 Å². The minimum Gasteiger partial charge on any atom is -0.328 e. The van der Waals surface area contributed by atoms with Crippen LogP contribution in [-0.2, 0) is 31.9 Å². The number of rotatable bonds is 5. The predicted octanol–water partition coefficient (Wildman–Crippen LogP) is 1.66. The first-order valence-corrected chi connectivity index (χ1v) is 9.48. The molecule has 0 aliphatic heterocycles. The van der Waals surface area contributed by atoms with Crippen molar-refractivity contribution in [3.05, 3.63) is 92.9 Å². The summed E-state index contributed by atoms with van der Waals surface area (Å²) >= 11 is 0. The second kappa shape index (κ2) is 7.82. The molecule has 2 aromatic heterocycles. The third kappa shape index (κ3) is 3.55. The number of carbonyl (C=O) groups is 1. The molecule has 152 valence electrons. The Balaban J connectivity index is 1.62. The van der Waals surface area contributed by atoms with E-state index in [2.05, 4.69) is 10.3 Å². The number of benzene rings is 2. The lowest BCUT2D eigenvalue weighted by molar-refractivity contribution is -0.116. The second-order valence-corrected chi connectivity index (χ2v) is 7.13. The first kappa shape index (κ1) is 19.4. The Morgan fingerprint density at radius 3 is 2.47 bits per heavy atom. The van der Waals surface area contributed by atoms with E-state index in [1.165, 1.54) is 17.9 Å². The molecule has 0 fully saturated rings. The monoisotopic (exact) mass is 403 g/mol. The maximum absolute atomic E-state index is 12.8.